The van der Waals surface area contributed by atoms with Gasteiger partial charge in [-0.2, -0.15) is 0 Å². The number of alkyl halides is 2. The molecule has 0 saturated carbocycles. The van der Waals surface area contributed by atoms with Crippen LogP contribution in [0.25, 0.3) is 11.3 Å². The smallest absolute Gasteiger partial charge is 0.253 e. The molecule has 5 heteroatoms. The molecule has 90 valence electrons. The van der Waals surface area contributed by atoms with E-state index in [1.54, 1.807) is 0 Å². The predicted molar refractivity (Wildman–Crippen MR) is 65.2 cm³/mol. The Morgan fingerprint density at radius 3 is 2.59 bits per heavy atom. The van der Waals surface area contributed by atoms with E-state index in [1.165, 1.54) is 11.3 Å². The number of thiazole rings is 1. The molecule has 0 fully saturated rings. The minimum Gasteiger partial charge on any atom is -0.323 e. The first-order valence-electron chi connectivity index (χ1n) is 5.20. The second-order valence-electron chi connectivity index (χ2n) is 3.69. The molecule has 1 atom stereocenters. The summed E-state index contributed by atoms with van der Waals surface area (Å²) in [4.78, 5) is 4.31. The Kier molecular flexibility index (Phi) is 3.81. The quantitative estimate of drug-likeness (QED) is 0.911. The van der Waals surface area contributed by atoms with Gasteiger partial charge in [0.1, 0.15) is 0 Å². The first-order valence-corrected chi connectivity index (χ1v) is 6.08. The SMILES string of the molecule is NC(Cc1nc(-c2ccccc2)cs1)C(F)F. The summed E-state index contributed by atoms with van der Waals surface area (Å²) in [6.07, 6.45) is -2.38. The number of nitrogens with zero attached hydrogens (tertiary/aromatic N) is 1. The van der Waals surface area contributed by atoms with Crippen LogP contribution >= 0.6 is 11.3 Å². The molecule has 0 aliphatic rings. The molecule has 2 rings (SSSR count). The van der Waals surface area contributed by atoms with Crippen LogP contribution in [-0.4, -0.2) is 17.5 Å². The van der Waals surface area contributed by atoms with Crippen LogP contribution in [0.5, 0.6) is 0 Å². The molecule has 1 heterocycles. The second kappa shape index (κ2) is 5.33. The van der Waals surface area contributed by atoms with Gasteiger partial charge in [0.2, 0.25) is 0 Å². The Labute approximate surface area is 102 Å². The second-order valence-corrected chi connectivity index (χ2v) is 4.64. The number of halogens is 2. The molecule has 0 spiro atoms. The Bertz CT molecular complexity index is 470. The summed E-state index contributed by atoms with van der Waals surface area (Å²) in [6.45, 7) is 0. The van der Waals surface area contributed by atoms with Crippen molar-refractivity contribution in [2.75, 3.05) is 0 Å². The van der Waals surface area contributed by atoms with Crippen LogP contribution in [0.2, 0.25) is 0 Å². The molecule has 0 radical (unpaired) electrons. The highest BCUT2D eigenvalue weighted by molar-refractivity contribution is 7.09. The fraction of sp³-hybridized carbons (Fsp3) is 0.250. The van der Waals surface area contributed by atoms with Gasteiger partial charge < -0.3 is 5.73 Å². The van der Waals surface area contributed by atoms with E-state index in [1.807, 2.05) is 35.7 Å². The van der Waals surface area contributed by atoms with E-state index in [0.717, 1.165) is 11.3 Å². The number of rotatable bonds is 4. The lowest BCUT2D eigenvalue weighted by Gasteiger charge is -2.06. The zero-order chi connectivity index (χ0) is 12.3. The maximum absolute atomic E-state index is 12.3. The van der Waals surface area contributed by atoms with Gasteiger partial charge in [-0.3, -0.25) is 0 Å². The average molecular weight is 254 g/mol. The number of benzene rings is 1. The summed E-state index contributed by atoms with van der Waals surface area (Å²) in [5.41, 5.74) is 7.11. The van der Waals surface area contributed by atoms with Gasteiger partial charge in [0, 0.05) is 17.4 Å². The van der Waals surface area contributed by atoms with Gasteiger partial charge in [0.15, 0.2) is 0 Å². The van der Waals surface area contributed by atoms with Crippen LogP contribution in [0.15, 0.2) is 35.7 Å². The van der Waals surface area contributed by atoms with Crippen LogP contribution in [0.3, 0.4) is 0 Å². The molecular formula is C12H12F2N2S. The maximum atomic E-state index is 12.3. The van der Waals surface area contributed by atoms with Gasteiger partial charge in [0.05, 0.1) is 16.7 Å². The van der Waals surface area contributed by atoms with Crippen molar-refractivity contribution in [2.24, 2.45) is 5.73 Å². The maximum Gasteiger partial charge on any atom is 0.253 e. The van der Waals surface area contributed by atoms with Gasteiger partial charge in [-0.15, -0.1) is 11.3 Å². The molecule has 1 aromatic heterocycles. The third-order valence-electron chi connectivity index (χ3n) is 2.36. The molecule has 0 saturated heterocycles. The summed E-state index contributed by atoms with van der Waals surface area (Å²) in [7, 11) is 0. The molecule has 2 aromatic rings. The van der Waals surface area contributed by atoms with Crippen molar-refractivity contribution >= 4 is 11.3 Å². The predicted octanol–water partition coefficient (Wildman–Crippen LogP) is 2.95. The van der Waals surface area contributed by atoms with Gasteiger partial charge in [0.25, 0.3) is 6.43 Å². The van der Waals surface area contributed by atoms with Gasteiger partial charge in [-0.25, -0.2) is 13.8 Å². The van der Waals surface area contributed by atoms with Crippen molar-refractivity contribution in [1.29, 1.82) is 0 Å². The zero-order valence-electron chi connectivity index (χ0n) is 9.01. The van der Waals surface area contributed by atoms with E-state index in [4.69, 9.17) is 5.73 Å². The van der Waals surface area contributed by atoms with Crippen LogP contribution < -0.4 is 5.73 Å². The lowest BCUT2D eigenvalue weighted by molar-refractivity contribution is 0.116. The van der Waals surface area contributed by atoms with Crippen LogP contribution in [0.1, 0.15) is 5.01 Å². The first kappa shape index (κ1) is 12.1. The van der Waals surface area contributed by atoms with E-state index in [2.05, 4.69) is 4.98 Å². The van der Waals surface area contributed by atoms with E-state index >= 15 is 0 Å². The molecule has 0 aliphatic heterocycles. The van der Waals surface area contributed by atoms with E-state index in [0.29, 0.717) is 5.01 Å². The molecule has 17 heavy (non-hydrogen) atoms. The topological polar surface area (TPSA) is 38.9 Å². The molecular weight excluding hydrogens is 242 g/mol. The van der Waals surface area contributed by atoms with E-state index < -0.39 is 12.5 Å². The lowest BCUT2D eigenvalue weighted by atomic mass is 10.2. The Morgan fingerprint density at radius 2 is 1.94 bits per heavy atom. The summed E-state index contributed by atoms with van der Waals surface area (Å²) in [5.74, 6) is 0. The third kappa shape index (κ3) is 3.08. The minimum absolute atomic E-state index is 0.120. The standard InChI is InChI=1S/C12H12F2N2S/c13-12(14)9(15)6-11-16-10(7-17-11)8-4-2-1-3-5-8/h1-5,7,9,12H,6,15H2. The molecule has 0 amide bonds. The van der Waals surface area contributed by atoms with Gasteiger partial charge in [-0.1, -0.05) is 30.3 Å². The Morgan fingerprint density at radius 1 is 1.24 bits per heavy atom. The minimum atomic E-state index is -2.50. The molecule has 0 aliphatic carbocycles. The van der Waals surface area contributed by atoms with Crippen molar-refractivity contribution in [3.63, 3.8) is 0 Å². The normalized spacial score (nSPS) is 12.9. The zero-order valence-corrected chi connectivity index (χ0v) is 9.83. The number of nitrogens with two attached hydrogens (primary N) is 1. The number of aromatic nitrogens is 1. The Hall–Kier alpha value is -1.33. The van der Waals surface area contributed by atoms with Crippen LogP contribution in [0.4, 0.5) is 8.78 Å². The average Bonchev–Trinajstić information content (AvgIpc) is 2.78. The highest BCUT2D eigenvalue weighted by Crippen LogP contribution is 2.22. The van der Waals surface area contributed by atoms with E-state index in [9.17, 15) is 8.78 Å². The fourth-order valence-electron chi connectivity index (χ4n) is 1.44. The first-order chi connectivity index (χ1) is 8.16. The van der Waals surface area contributed by atoms with Gasteiger partial charge >= 0.3 is 0 Å². The molecule has 1 unspecified atom stereocenters. The van der Waals surface area contributed by atoms with Crippen LogP contribution in [0, 0.1) is 0 Å². The van der Waals surface area contributed by atoms with Crippen molar-refractivity contribution in [3.8, 4) is 11.3 Å². The number of hydrogen-bond acceptors (Lipinski definition) is 3. The van der Waals surface area contributed by atoms with Crippen LogP contribution in [-0.2, 0) is 6.42 Å². The summed E-state index contributed by atoms with van der Waals surface area (Å²) in [6, 6.07) is 8.49. The van der Waals surface area contributed by atoms with Crippen molar-refractivity contribution in [2.45, 2.75) is 18.9 Å². The monoisotopic (exact) mass is 254 g/mol. The fourth-order valence-corrected chi connectivity index (χ4v) is 2.31. The van der Waals surface area contributed by atoms with Crippen molar-refractivity contribution < 1.29 is 8.78 Å². The number of hydrogen-bond donors (Lipinski definition) is 1. The summed E-state index contributed by atoms with van der Waals surface area (Å²) >= 11 is 1.37. The largest absolute Gasteiger partial charge is 0.323 e. The molecule has 1 aromatic carbocycles. The third-order valence-corrected chi connectivity index (χ3v) is 3.23. The summed E-state index contributed by atoms with van der Waals surface area (Å²) < 4.78 is 24.6. The molecule has 2 nitrogen and oxygen atoms in total. The highest BCUT2D eigenvalue weighted by atomic mass is 32.1. The Balaban J connectivity index is 2.12. The molecule has 2 N–H and O–H groups in total. The van der Waals surface area contributed by atoms with Crippen molar-refractivity contribution in [3.05, 3.63) is 40.7 Å². The van der Waals surface area contributed by atoms with Gasteiger partial charge in [-0.05, 0) is 0 Å². The highest BCUT2D eigenvalue weighted by Gasteiger charge is 2.17. The van der Waals surface area contributed by atoms with E-state index in [-0.39, 0.29) is 6.42 Å². The summed E-state index contributed by atoms with van der Waals surface area (Å²) in [5, 5.41) is 2.51. The molecule has 0 bridgehead atoms. The van der Waals surface area contributed by atoms with Crippen molar-refractivity contribution in [1.82, 2.24) is 4.98 Å². The lowest BCUT2D eigenvalue weighted by Crippen LogP contribution is -2.30.